The fourth-order valence-corrected chi connectivity index (χ4v) is 3.61. The number of carbonyl (C=O) groups excluding carboxylic acids is 1. The summed E-state index contributed by atoms with van der Waals surface area (Å²) in [6.07, 6.45) is 4.23. The first-order valence-corrected chi connectivity index (χ1v) is 10.3. The van der Waals surface area contributed by atoms with Crippen LogP contribution >= 0.6 is 11.3 Å². The van der Waals surface area contributed by atoms with E-state index in [9.17, 15) is 4.79 Å². The molecule has 3 aromatic rings. The van der Waals surface area contributed by atoms with Crippen molar-refractivity contribution in [1.29, 1.82) is 0 Å². The quantitative estimate of drug-likeness (QED) is 0.576. The van der Waals surface area contributed by atoms with E-state index in [1.54, 1.807) is 17.4 Å². The summed E-state index contributed by atoms with van der Waals surface area (Å²) in [5.74, 6) is -0.113. The fourth-order valence-electron chi connectivity index (χ4n) is 2.78. The van der Waals surface area contributed by atoms with E-state index < -0.39 is 0 Å². The molecule has 4 heteroatoms. The van der Waals surface area contributed by atoms with E-state index in [-0.39, 0.29) is 11.3 Å². The lowest BCUT2D eigenvalue weighted by atomic mass is 9.87. The van der Waals surface area contributed by atoms with E-state index >= 15 is 0 Å². The maximum atomic E-state index is 12.1. The number of hydrogen-bond donors (Lipinski definition) is 1. The second kappa shape index (κ2) is 8.98. The molecule has 0 radical (unpaired) electrons. The van der Waals surface area contributed by atoms with E-state index in [1.807, 2.05) is 41.8 Å². The molecule has 0 atom stereocenters. The third kappa shape index (κ3) is 5.89. The molecule has 2 aromatic carbocycles. The van der Waals surface area contributed by atoms with Crippen LogP contribution in [-0.4, -0.2) is 10.9 Å². The van der Waals surface area contributed by atoms with Gasteiger partial charge in [0.2, 0.25) is 5.91 Å². The number of carbonyl (C=O) groups is 1. The molecule has 1 amide bonds. The number of amides is 1. The number of benzene rings is 2. The van der Waals surface area contributed by atoms with Crippen molar-refractivity contribution >= 4 is 23.3 Å². The lowest BCUT2D eigenvalue weighted by molar-refractivity contribution is -0.116. The predicted molar refractivity (Wildman–Crippen MR) is 117 cm³/mol. The summed E-state index contributed by atoms with van der Waals surface area (Å²) in [7, 11) is 0. The summed E-state index contributed by atoms with van der Waals surface area (Å²) in [6.45, 7) is 7.01. The van der Waals surface area contributed by atoms with Gasteiger partial charge in [0.15, 0.2) is 0 Å². The number of rotatable bonds is 6. The van der Waals surface area contributed by atoms with Gasteiger partial charge >= 0.3 is 0 Å². The molecule has 0 saturated heterocycles. The number of hydrogen-bond acceptors (Lipinski definition) is 3. The molecule has 1 N–H and O–H groups in total. The van der Waals surface area contributed by atoms with Crippen molar-refractivity contribution in [3.05, 3.63) is 93.4 Å². The van der Waals surface area contributed by atoms with Crippen LogP contribution in [0.15, 0.2) is 66.1 Å². The first-order chi connectivity index (χ1) is 13.4. The maximum absolute atomic E-state index is 12.1. The SMILES string of the molecule is CC(C)(C)c1ccc(/C=C/C(=O)NCc2csc(Cc3ccccc3)n2)cc1. The Morgan fingerprint density at radius 3 is 2.46 bits per heavy atom. The van der Waals surface area contributed by atoms with Crippen molar-refractivity contribution in [2.24, 2.45) is 0 Å². The highest BCUT2D eigenvalue weighted by molar-refractivity contribution is 7.09. The van der Waals surface area contributed by atoms with Gasteiger partial charge in [-0.05, 0) is 28.2 Å². The maximum Gasteiger partial charge on any atom is 0.244 e. The number of aromatic nitrogens is 1. The highest BCUT2D eigenvalue weighted by Gasteiger charge is 2.12. The zero-order valence-electron chi connectivity index (χ0n) is 16.6. The summed E-state index contributed by atoms with van der Waals surface area (Å²) in [6, 6.07) is 18.6. The van der Waals surface area contributed by atoms with E-state index in [1.165, 1.54) is 11.1 Å². The zero-order valence-corrected chi connectivity index (χ0v) is 17.4. The first kappa shape index (κ1) is 20.0. The second-order valence-electron chi connectivity index (χ2n) is 7.82. The normalized spacial score (nSPS) is 11.7. The Bertz CT molecular complexity index is 935. The minimum absolute atomic E-state index is 0.113. The van der Waals surface area contributed by atoms with Gasteiger partial charge in [0.25, 0.3) is 0 Å². The largest absolute Gasteiger partial charge is 0.347 e. The third-order valence-electron chi connectivity index (χ3n) is 4.45. The zero-order chi connectivity index (χ0) is 20.0. The molecule has 0 fully saturated rings. The fraction of sp³-hybridized carbons (Fsp3) is 0.250. The second-order valence-corrected chi connectivity index (χ2v) is 8.76. The summed E-state index contributed by atoms with van der Waals surface area (Å²) >= 11 is 1.63. The molecule has 0 aliphatic heterocycles. The smallest absolute Gasteiger partial charge is 0.244 e. The van der Waals surface area contributed by atoms with Crippen molar-refractivity contribution in [1.82, 2.24) is 10.3 Å². The standard InChI is InChI=1S/C24H26N2OS/c1-24(2,3)20-12-9-18(10-13-20)11-14-22(27)25-16-21-17-28-23(26-21)15-19-7-5-4-6-8-19/h4-14,17H,15-16H2,1-3H3,(H,25,27)/b14-11+. The van der Waals surface area contributed by atoms with E-state index in [0.29, 0.717) is 6.54 Å². The van der Waals surface area contributed by atoms with Crippen LogP contribution in [0.2, 0.25) is 0 Å². The van der Waals surface area contributed by atoms with Gasteiger partial charge in [-0.25, -0.2) is 4.98 Å². The molecular formula is C24H26N2OS. The Kier molecular flexibility index (Phi) is 6.42. The Morgan fingerprint density at radius 1 is 1.07 bits per heavy atom. The van der Waals surface area contributed by atoms with Crippen LogP contribution in [0, 0.1) is 0 Å². The van der Waals surface area contributed by atoms with E-state index in [0.717, 1.165) is 22.7 Å². The van der Waals surface area contributed by atoms with Crippen LogP contribution < -0.4 is 5.32 Å². The van der Waals surface area contributed by atoms with Crippen LogP contribution in [0.5, 0.6) is 0 Å². The lowest BCUT2D eigenvalue weighted by Gasteiger charge is -2.18. The molecule has 1 aromatic heterocycles. The van der Waals surface area contributed by atoms with Crippen molar-refractivity contribution in [2.45, 2.75) is 39.2 Å². The van der Waals surface area contributed by atoms with E-state index in [2.05, 4.69) is 55.3 Å². The van der Waals surface area contributed by atoms with Crippen molar-refractivity contribution in [3.8, 4) is 0 Å². The molecule has 144 valence electrons. The number of nitrogens with one attached hydrogen (secondary N) is 1. The molecule has 3 nitrogen and oxygen atoms in total. The van der Waals surface area contributed by atoms with Crippen LogP contribution in [0.3, 0.4) is 0 Å². The van der Waals surface area contributed by atoms with Gasteiger partial charge in [0.1, 0.15) is 0 Å². The van der Waals surface area contributed by atoms with Gasteiger partial charge in [-0.3, -0.25) is 4.79 Å². The summed E-state index contributed by atoms with van der Waals surface area (Å²) in [4.78, 5) is 16.7. The van der Waals surface area contributed by atoms with Gasteiger partial charge in [-0.2, -0.15) is 0 Å². The Labute approximate surface area is 171 Å². The molecule has 0 bridgehead atoms. The first-order valence-electron chi connectivity index (χ1n) is 9.44. The van der Waals surface area contributed by atoms with Gasteiger partial charge in [0, 0.05) is 17.9 Å². The molecule has 3 rings (SSSR count). The average molecular weight is 391 g/mol. The minimum atomic E-state index is -0.113. The topological polar surface area (TPSA) is 42.0 Å². The summed E-state index contributed by atoms with van der Waals surface area (Å²) in [5.41, 5.74) is 4.57. The monoisotopic (exact) mass is 390 g/mol. The van der Waals surface area contributed by atoms with Crippen LogP contribution in [0.4, 0.5) is 0 Å². The predicted octanol–water partition coefficient (Wildman–Crippen LogP) is 5.36. The Morgan fingerprint density at radius 2 is 1.79 bits per heavy atom. The minimum Gasteiger partial charge on any atom is -0.347 e. The molecule has 0 unspecified atom stereocenters. The van der Waals surface area contributed by atoms with Gasteiger partial charge in [0.05, 0.1) is 17.2 Å². The lowest BCUT2D eigenvalue weighted by Crippen LogP contribution is -2.20. The molecular weight excluding hydrogens is 364 g/mol. The molecule has 0 aliphatic carbocycles. The van der Waals surface area contributed by atoms with Crippen LogP contribution in [0.1, 0.15) is 48.2 Å². The average Bonchev–Trinajstić information content (AvgIpc) is 3.12. The number of thiazole rings is 1. The van der Waals surface area contributed by atoms with Crippen molar-refractivity contribution in [3.63, 3.8) is 0 Å². The van der Waals surface area contributed by atoms with Crippen LogP contribution in [-0.2, 0) is 23.2 Å². The van der Waals surface area contributed by atoms with Crippen molar-refractivity contribution in [2.75, 3.05) is 0 Å². The molecule has 1 heterocycles. The molecule has 0 aliphatic rings. The third-order valence-corrected chi connectivity index (χ3v) is 5.34. The van der Waals surface area contributed by atoms with Crippen molar-refractivity contribution < 1.29 is 4.79 Å². The molecule has 28 heavy (non-hydrogen) atoms. The summed E-state index contributed by atoms with van der Waals surface area (Å²) in [5, 5.41) is 5.97. The van der Waals surface area contributed by atoms with Gasteiger partial charge < -0.3 is 5.32 Å². The highest BCUT2D eigenvalue weighted by atomic mass is 32.1. The Hall–Kier alpha value is -2.72. The van der Waals surface area contributed by atoms with Gasteiger partial charge in [-0.1, -0.05) is 75.4 Å². The van der Waals surface area contributed by atoms with Crippen LogP contribution in [0.25, 0.3) is 6.08 Å². The summed E-state index contributed by atoms with van der Waals surface area (Å²) < 4.78 is 0. The highest BCUT2D eigenvalue weighted by Crippen LogP contribution is 2.22. The molecule has 0 spiro atoms. The Balaban J connectivity index is 1.50. The van der Waals surface area contributed by atoms with Gasteiger partial charge in [-0.15, -0.1) is 11.3 Å². The number of nitrogens with zero attached hydrogens (tertiary/aromatic N) is 1. The van der Waals surface area contributed by atoms with E-state index in [4.69, 9.17) is 0 Å². The molecule has 0 saturated carbocycles.